The molecule has 0 radical (unpaired) electrons. The Morgan fingerprint density at radius 3 is 2.67 bits per heavy atom. The van der Waals surface area contributed by atoms with Gasteiger partial charge in [0.2, 0.25) is 0 Å². The normalized spacial score (nSPS) is 11.0. The summed E-state index contributed by atoms with van der Waals surface area (Å²) in [6.45, 7) is 1.12. The second-order valence-electron chi connectivity index (χ2n) is 4.95. The molecule has 0 amide bonds. The first kappa shape index (κ1) is 14.0. The van der Waals surface area contributed by atoms with Crippen molar-refractivity contribution in [2.24, 2.45) is 5.73 Å². The summed E-state index contributed by atoms with van der Waals surface area (Å²) in [7, 11) is 0. The van der Waals surface area contributed by atoms with Gasteiger partial charge in [-0.15, -0.1) is 0 Å². The van der Waals surface area contributed by atoms with Crippen molar-refractivity contribution in [1.82, 2.24) is 4.98 Å². The Balaban J connectivity index is 1.84. The van der Waals surface area contributed by atoms with Crippen molar-refractivity contribution in [3.05, 3.63) is 64.8 Å². The number of aromatic amines is 1. The first-order valence-electron chi connectivity index (χ1n) is 6.95. The van der Waals surface area contributed by atoms with Crippen molar-refractivity contribution >= 4 is 22.5 Å². The monoisotopic (exact) mass is 300 g/mol. The highest BCUT2D eigenvalue weighted by molar-refractivity contribution is 6.37. The fraction of sp³-hybridized carbons (Fsp3) is 0.176. The largest absolute Gasteiger partial charge is 0.487 e. The van der Waals surface area contributed by atoms with E-state index < -0.39 is 0 Å². The third kappa shape index (κ3) is 3.04. The van der Waals surface area contributed by atoms with E-state index in [9.17, 15) is 0 Å². The minimum Gasteiger partial charge on any atom is -0.487 e. The van der Waals surface area contributed by atoms with Gasteiger partial charge in [-0.2, -0.15) is 0 Å². The molecular weight excluding hydrogens is 284 g/mol. The van der Waals surface area contributed by atoms with Crippen molar-refractivity contribution in [3.8, 4) is 5.75 Å². The smallest absolute Gasteiger partial charge is 0.139 e. The average molecular weight is 301 g/mol. The molecule has 3 nitrogen and oxygen atoms in total. The highest BCUT2D eigenvalue weighted by atomic mass is 35.5. The lowest BCUT2D eigenvalue weighted by atomic mass is 10.2. The van der Waals surface area contributed by atoms with Gasteiger partial charge in [-0.25, -0.2) is 0 Å². The first-order valence-corrected chi connectivity index (χ1v) is 7.32. The van der Waals surface area contributed by atoms with Gasteiger partial charge in [0.25, 0.3) is 0 Å². The van der Waals surface area contributed by atoms with Crippen LogP contribution in [0.4, 0.5) is 0 Å². The fourth-order valence-electron chi connectivity index (χ4n) is 2.34. The third-order valence-electron chi connectivity index (χ3n) is 3.41. The zero-order valence-corrected chi connectivity index (χ0v) is 12.4. The summed E-state index contributed by atoms with van der Waals surface area (Å²) in [6.07, 6.45) is 0.811. The number of aromatic nitrogens is 1. The number of hydrogen-bond donors (Lipinski definition) is 2. The summed E-state index contributed by atoms with van der Waals surface area (Å²) in [5.41, 5.74) is 8.80. The molecule has 0 fully saturated rings. The minimum atomic E-state index is 0.506. The van der Waals surface area contributed by atoms with Gasteiger partial charge in [0.1, 0.15) is 12.4 Å². The number of H-pyrrole nitrogens is 1. The summed E-state index contributed by atoms with van der Waals surface area (Å²) in [5, 5.41) is 1.62. The molecule has 0 spiro atoms. The predicted molar refractivity (Wildman–Crippen MR) is 86.8 cm³/mol. The Hall–Kier alpha value is -1.97. The topological polar surface area (TPSA) is 51.0 Å². The SMILES string of the molecule is NCCc1cc2c(Cl)c(OCc3ccccc3)ccc2[nH]1. The molecule has 0 saturated heterocycles. The van der Waals surface area contributed by atoms with E-state index in [2.05, 4.69) is 4.98 Å². The molecule has 0 aliphatic heterocycles. The second-order valence-corrected chi connectivity index (χ2v) is 5.32. The summed E-state index contributed by atoms with van der Waals surface area (Å²) in [6, 6.07) is 16.0. The third-order valence-corrected chi connectivity index (χ3v) is 3.80. The molecule has 2 aromatic carbocycles. The van der Waals surface area contributed by atoms with Crippen LogP contribution in [0.15, 0.2) is 48.5 Å². The van der Waals surface area contributed by atoms with Crippen molar-refractivity contribution in [2.45, 2.75) is 13.0 Å². The first-order chi connectivity index (χ1) is 10.3. The van der Waals surface area contributed by atoms with E-state index in [1.165, 1.54) is 0 Å². The molecule has 21 heavy (non-hydrogen) atoms. The Kier molecular flexibility index (Phi) is 4.13. The van der Waals surface area contributed by atoms with Gasteiger partial charge in [0.05, 0.1) is 5.02 Å². The molecule has 4 heteroatoms. The fourth-order valence-corrected chi connectivity index (χ4v) is 2.62. The van der Waals surface area contributed by atoms with Crippen LogP contribution < -0.4 is 10.5 Å². The van der Waals surface area contributed by atoms with Crippen LogP contribution >= 0.6 is 11.6 Å². The maximum absolute atomic E-state index is 6.45. The lowest BCUT2D eigenvalue weighted by Gasteiger charge is -2.08. The zero-order valence-electron chi connectivity index (χ0n) is 11.6. The quantitative estimate of drug-likeness (QED) is 0.751. The van der Waals surface area contributed by atoms with Crippen LogP contribution in [-0.4, -0.2) is 11.5 Å². The van der Waals surface area contributed by atoms with Gasteiger partial charge in [0, 0.05) is 16.6 Å². The number of rotatable bonds is 5. The number of fused-ring (bicyclic) bond motifs is 1. The summed E-state index contributed by atoms with van der Waals surface area (Å²) < 4.78 is 5.83. The molecule has 0 bridgehead atoms. The highest BCUT2D eigenvalue weighted by Gasteiger charge is 2.10. The molecule has 108 valence electrons. The highest BCUT2D eigenvalue weighted by Crippen LogP contribution is 2.33. The van der Waals surface area contributed by atoms with Gasteiger partial charge in [-0.1, -0.05) is 41.9 Å². The number of nitrogens with one attached hydrogen (secondary N) is 1. The molecule has 0 unspecified atom stereocenters. The Labute approximate surface area is 128 Å². The number of hydrogen-bond acceptors (Lipinski definition) is 2. The van der Waals surface area contributed by atoms with Crippen molar-refractivity contribution in [2.75, 3.05) is 6.54 Å². The molecule has 3 N–H and O–H groups in total. The van der Waals surface area contributed by atoms with E-state index in [4.69, 9.17) is 22.1 Å². The molecule has 0 atom stereocenters. The standard InChI is InChI=1S/C17H17ClN2O/c18-17-14-10-13(8-9-19)20-15(14)6-7-16(17)21-11-12-4-2-1-3-5-12/h1-7,10,20H,8-9,11,19H2. The Bertz CT molecular complexity index is 737. The van der Waals surface area contributed by atoms with Gasteiger partial charge in [-0.05, 0) is 36.7 Å². The Morgan fingerprint density at radius 2 is 1.90 bits per heavy atom. The number of nitrogens with two attached hydrogens (primary N) is 1. The summed E-state index contributed by atoms with van der Waals surface area (Å²) in [4.78, 5) is 3.32. The summed E-state index contributed by atoms with van der Waals surface area (Å²) >= 11 is 6.45. The molecule has 3 aromatic rings. The van der Waals surface area contributed by atoms with Gasteiger partial charge in [0.15, 0.2) is 0 Å². The predicted octanol–water partition coefficient (Wildman–Crippen LogP) is 3.90. The van der Waals surface area contributed by atoms with Gasteiger partial charge < -0.3 is 15.5 Å². The molecule has 1 heterocycles. The lowest BCUT2D eigenvalue weighted by molar-refractivity contribution is 0.307. The van der Waals surface area contributed by atoms with Gasteiger partial charge in [-0.3, -0.25) is 0 Å². The molecule has 0 aliphatic rings. The van der Waals surface area contributed by atoms with E-state index in [0.29, 0.717) is 23.9 Å². The average Bonchev–Trinajstić information content (AvgIpc) is 2.92. The second kappa shape index (κ2) is 6.20. The minimum absolute atomic E-state index is 0.506. The number of halogens is 1. The summed E-state index contributed by atoms with van der Waals surface area (Å²) in [5.74, 6) is 0.700. The maximum Gasteiger partial charge on any atom is 0.139 e. The molecule has 0 aliphatic carbocycles. The lowest BCUT2D eigenvalue weighted by Crippen LogP contribution is -2.02. The molecular formula is C17H17ClN2O. The van der Waals surface area contributed by atoms with E-state index in [0.717, 1.165) is 28.6 Å². The Morgan fingerprint density at radius 1 is 1.10 bits per heavy atom. The molecule has 0 saturated carbocycles. The van der Waals surface area contributed by atoms with Crippen molar-refractivity contribution < 1.29 is 4.74 Å². The molecule has 1 aromatic heterocycles. The van der Waals surface area contributed by atoms with E-state index in [1.54, 1.807) is 0 Å². The van der Waals surface area contributed by atoms with Crippen molar-refractivity contribution in [3.63, 3.8) is 0 Å². The van der Waals surface area contributed by atoms with Crippen LogP contribution in [0.2, 0.25) is 5.02 Å². The van der Waals surface area contributed by atoms with Crippen LogP contribution in [0.3, 0.4) is 0 Å². The van der Waals surface area contributed by atoms with E-state index in [-0.39, 0.29) is 0 Å². The number of ether oxygens (including phenoxy) is 1. The van der Waals surface area contributed by atoms with Crippen molar-refractivity contribution in [1.29, 1.82) is 0 Å². The zero-order chi connectivity index (χ0) is 14.7. The molecule has 3 rings (SSSR count). The van der Waals surface area contributed by atoms with Crippen LogP contribution in [0.5, 0.6) is 5.75 Å². The van der Waals surface area contributed by atoms with Crippen LogP contribution in [0.1, 0.15) is 11.3 Å². The van der Waals surface area contributed by atoms with Crippen LogP contribution in [0, 0.1) is 0 Å². The van der Waals surface area contributed by atoms with Crippen LogP contribution in [-0.2, 0) is 13.0 Å². The number of benzene rings is 2. The van der Waals surface area contributed by atoms with E-state index in [1.807, 2.05) is 48.5 Å². The maximum atomic E-state index is 6.45. The van der Waals surface area contributed by atoms with Crippen LogP contribution in [0.25, 0.3) is 10.9 Å². The van der Waals surface area contributed by atoms with Gasteiger partial charge >= 0.3 is 0 Å². The van der Waals surface area contributed by atoms with E-state index >= 15 is 0 Å².